The monoisotopic (exact) mass is 431 g/mol. The molecular formula is C22H26FN3O5. The van der Waals surface area contributed by atoms with Crippen LogP contribution in [0.1, 0.15) is 31.3 Å². The first-order valence-corrected chi connectivity index (χ1v) is 9.97. The smallest absolute Gasteiger partial charge is 0.410 e. The number of pyridine rings is 1. The molecule has 2 amide bonds. The van der Waals surface area contributed by atoms with Crippen molar-refractivity contribution in [3.8, 4) is 11.5 Å². The number of morpholine rings is 1. The zero-order valence-electron chi connectivity index (χ0n) is 17.8. The van der Waals surface area contributed by atoms with Gasteiger partial charge in [0.05, 0.1) is 19.3 Å². The number of halogens is 1. The van der Waals surface area contributed by atoms with Crippen LogP contribution in [0, 0.1) is 5.82 Å². The van der Waals surface area contributed by atoms with E-state index in [1.165, 1.54) is 36.5 Å². The Labute approximate surface area is 180 Å². The maximum Gasteiger partial charge on any atom is 0.410 e. The minimum Gasteiger partial charge on any atom is -0.457 e. The lowest BCUT2D eigenvalue weighted by Gasteiger charge is -2.34. The number of ether oxygens (including phenoxy) is 3. The number of nitrogens with zero attached hydrogens (tertiary/aromatic N) is 2. The van der Waals surface area contributed by atoms with Gasteiger partial charge in [-0.25, -0.2) is 9.18 Å². The Morgan fingerprint density at radius 1 is 1.23 bits per heavy atom. The lowest BCUT2D eigenvalue weighted by molar-refractivity contribution is -0.0404. The number of hydrogen-bond acceptors (Lipinski definition) is 6. The molecule has 1 atom stereocenters. The lowest BCUT2D eigenvalue weighted by Crippen LogP contribution is -2.50. The minimum absolute atomic E-state index is 0.166. The third-order valence-electron chi connectivity index (χ3n) is 4.29. The Balaban J connectivity index is 1.53. The maximum absolute atomic E-state index is 13.0. The van der Waals surface area contributed by atoms with Crippen LogP contribution >= 0.6 is 0 Å². The molecule has 1 unspecified atom stereocenters. The van der Waals surface area contributed by atoms with Gasteiger partial charge < -0.3 is 24.4 Å². The Morgan fingerprint density at radius 2 is 1.97 bits per heavy atom. The van der Waals surface area contributed by atoms with Gasteiger partial charge in [-0.05, 0) is 51.1 Å². The van der Waals surface area contributed by atoms with Crippen molar-refractivity contribution in [2.75, 3.05) is 26.2 Å². The standard InChI is InChI=1S/C22H26FN3O5/c1-22(2,3)31-21(28)26-10-11-29-18(14-26)13-25-20(27)19-12-17(8-9-24-19)30-16-6-4-15(23)5-7-16/h4-9,12,18H,10-11,13-14H2,1-3H3,(H,25,27). The van der Waals surface area contributed by atoms with E-state index in [2.05, 4.69) is 10.3 Å². The van der Waals surface area contributed by atoms with Crippen LogP contribution in [0.15, 0.2) is 42.6 Å². The highest BCUT2D eigenvalue weighted by Crippen LogP contribution is 2.21. The fraction of sp³-hybridized carbons (Fsp3) is 0.409. The number of aromatic nitrogens is 1. The van der Waals surface area contributed by atoms with Crippen LogP contribution in [-0.4, -0.2) is 59.8 Å². The SMILES string of the molecule is CC(C)(C)OC(=O)N1CCOC(CNC(=O)c2cc(Oc3ccc(F)cc3)ccn2)C1. The summed E-state index contributed by atoms with van der Waals surface area (Å²) in [6, 6.07) is 8.65. The molecule has 0 aliphatic carbocycles. The first-order chi connectivity index (χ1) is 14.7. The zero-order chi connectivity index (χ0) is 22.4. The summed E-state index contributed by atoms with van der Waals surface area (Å²) in [4.78, 5) is 30.4. The molecule has 0 bridgehead atoms. The van der Waals surface area contributed by atoms with Crippen LogP contribution in [0.5, 0.6) is 11.5 Å². The average Bonchev–Trinajstić information content (AvgIpc) is 2.73. The topological polar surface area (TPSA) is 90.0 Å². The van der Waals surface area contributed by atoms with Gasteiger partial charge in [-0.15, -0.1) is 0 Å². The van der Waals surface area contributed by atoms with Gasteiger partial charge in [-0.2, -0.15) is 0 Å². The molecular weight excluding hydrogens is 405 g/mol. The largest absolute Gasteiger partial charge is 0.457 e. The molecule has 8 nitrogen and oxygen atoms in total. The molecule has 1 aromatic heterocycles. The van der Waals surface area contributed by atoms with Crippen molar-refractivity contribution in [3.63, 3.8) is 0 Å². The molecule has 1 aliphatic rings. The second kappa shape index (κ2) is 9.74. The molecule has 0 spiro atoms. The number of carbonyl (C=O) groups is 2. The van der Waals surface area contributed by atoms with Gasteiger partial charge in [-0.1, -0.05) is 0 Å². The first kappa shape index (κ1) is 22.5. The highest BCUT2D eigenvalue weighted by Gasteiger charge is 2.28. The predicted molar refractivity (Wildman–Crippen MR) is 111 cm³/mol. The molecule has 2 heterocycles. The van der Waals surface area contributed by atoms with Crippen molar-refractivity contribution in [2.45, 2.75) is 32.5 Å². The summed E-state index contributed by atoms with van der Waals surface area (Å²) in [5, 5.41) is 2.76. The van der Waals surface area contributed by atoms with E-state index in [-0.39, 0.29) is 24.2 Å². The molecule has 1 fully saturated rings. The molecule has 1 N–H and O–H groups in total. The third-order valence-corrected chi connectivity index (χ3v) is 4.29. The predicted octanol–water partition coefficient (Wildman–Crippen LogP) is 3.38. The lowest BCUT2D eigenvalue weighted by atomic mass is 10.2. The summed E-state index contributed by atoms with van der Waals surface area (Å²) in [5.74, 6) is 0.0773. The summed E-state index contributed by atoms with van der Waals surface area (Å²) < 4.78 is 29.7. The first-order valence-electron chi connectivity index (χ1n) is 9.97. The van der Waals surface area contributed by atoms with Crippen molar-refractivity contribution in [1.82, 2.24) is 15.2 Å². The number of amides is 2. The summed E-state index contributed by atoms with van der Waals surface area (Å²) in [5.41, 5.74) is -0.411. The van der Waals surface area contributed by atoms with E-state index in [0.29, 0.717) is 31.2 Å². The maximum atomic E-state index is 13.0. The van der Waals surface area contributed by atoms with Gasteiger partial charge >= 0.3 is 6.09 Å². The summed E-state index contributed by atoms with van der Waals surface area (Å²) in [6.45, 7) is 6.75. The van der Waals surface area contributed by atoms with E-state index < -0.39 is 17.6 Å². The average molecular weight is 431 g/mol. The molecule has 1 aromatic carbocycles. The number of nitrogens with one attached hydrogen (secondary N) is 1. The molecule has 0 radical (unpaired) electrons. The molecule has 1 saturated heterocycles. The zero-order valence-corrected chi connectivity index (χ0v) is 17.8. The van der Waals surface area contributed by atoms with E-state index in [9.17, 15) is 14.0 Å². The number of hydrogen-bond donors (Lipinski definition) is 1. The van der Waals surface area contributed by atoms with Crippen LogP contribution < -0.4 is 10.1 Å². The van der Waals surface area contributed by atoms with Crippen LogP contribution in [-0.2, 0) is 9.47 Å². The van der Waals surface area contributed by atoms with Gasteiger partial charge in [0, 0.05) is 25.4 Å². The summed E-state index contributed by atoms with van der Waals surface area (Å²) >= 11 is 0. The second-order valence-electron chi connectivity index (χ2n) is 8.06. The van der Waals surface area contributed by atoms with Crippen LogP contribution in [0.3, 0.4) is 0 Å². The third kappa shape index (κ3) is 6.92. The fourth-order valence-corrected chi connectivity index (χ4v) is 2.87. The Bertz CT molecular complexity index is 914. The van der Waals surface area contributed by atoms with Crippen molar-refractivity contribution < 1.29 is 28.2 Å². The van der Waals surface area contributed by atoms with Gasteiger partial charge in [0.25, 0.3) is 5.91 Å². The Kier molecular flexibility index (Phi) is 7.06. The molecule has 3 rings (SSSR count). The molecule has 1 aliphatic heterocycles. The quantitative estimate of drug-likeness (QED) is 0.781. The van der Waals surface area contributed by atoms with Gasteiger partial charge in [-0.3, -0.25) is 9.78 Å². The summed E-state index contributed by atoms with van der Waals surface area (Å²) in [6.07, 6.45) is 0.693. The molecule has 31 heavy (non-hydrogen) atoms. The second-order valence-corrected chi connectivity index (χ2v) is 8.06. The van der Waals surface area contributed by atoms with Crippen LogP contribution in [0.2, 0.25) is 0 Å². The van der Waals surface area contributed by atoms with E-state index in [1.54, 1.807) is 11.0 Å². The van der Waals surface area contributed by atoms with Gasteiger partial charge in [0.2, 0.25) is 0 Å². The van der Waals surface area contributed by atoms with E-state index in [4.69, 9.17) is 14.2 Å². The number of carbonyl (C=O) groups excluding carboxylic acids is 2. The normalized spacial score (nSPS) is 16.5. The molecule has 2 aromatic rings. The molecule has 0 saturated carbocycles. The minimum atomic E-state index is -0.578. The highest BCUT2D eigenvalue weighted by molar-refractivity contribution is 5.92. The van der Waals surface area contributed by atoms with Gasteiger partial charge in [0.1, 0.15) is 28.6 Å². The van der Waals surface area contributed by atoms with Crippen molar-refractivity contribution in [3.05, 3.63) is 54.1 Å². The molecule has 9 heteroatoms. The van der Waals surface area contributed by atoms with Crippen LogP contribution in [0.25, 0.3) is 0 Å². The van der Waals surface area contributed by atoms with Gasteiger partial charge in [0.15, 0.2) is 0 Å². The summed E-state index contributed by atoms with van der Waals surface area (Å²) in [7, 11) is 0. The molecule has 166 valence electrons. The van der Waals surface area contributed by atoms with E-state index in [0.717, 1.165) is 0 Å². The highest BCUT2D eigenvalue weighted by atomic mass is 19.1. The number of rotatable bonds is 5. The van der Waals surface area contributed by atoms with E-state index in [1.807, 2.05) is 20.8 Å². The van der Waals surface area contributed by atoms with Crippen molar-refractivity contribution in [2.24, 2.45) is 0 Å². The Hall–Kier alpha value is -3.20. The Morgan fingerprint density at radius 3 is 2.68 bits per heavy atom. The number of benzene rings is 1. The van der Waals surface area contributed by atoms with E-state index >= 15 is 0 Å². The van der Waals surface area contributed by atoms with Crippen molar-refractivity contribution >= 4 is 12.0 Å². The van der Waals surface area contributed by atoms with Crippen molar-refractivity contribution in [1.29, 1.82) is 0 Å². The fourth-order valence-electron chi connectivity index (χ4n) is 2.87. The van der Waals surface area contributed by atoms with Crippen LogP contribution in [0.4, 0.5) is 9.18 Å².